The van der Waals surface area contributed by atoms with E-state index in [1.54, 1.807) is 13.8 Å². The van der Waals surface area contributed by atoms with Crippen molar-refractivity contribution in [2.75, 3.05) is 25.0 Å². The summed E-state index contributed by atoms with van der Waals surface area (Å²) >= 11 is 0. The van der Waals surface area contributed by atoms with Crippen LogP contribution in [0.4, 0.5) is 10.7 Å². The fourth-order valence-electron chi connectivity index (χ4n) is 5.97. The fourth-order valence-corrected chi connectivity index (χ4v) is 5.97. The third-order valence-electron chi connectivity index (χ3n) is 8.73. The van der Waals surface area contributed by atoms with Crippen molar-refractivity contribution in [2.45, 2.75) is 95.5 Å². The summed E-state index contributed by atoms with van der Waals surface area (Å²) in [7, 11) is 0. The van der Waals surface area contributed by atoms with Crippen LogP contribution in [0.2, 0.25) is 0 Å². The maximum absolute atomic E-state index is 12.8. The lowest BCUT2D eigenvalue weighted by Crippen LogP contribution is -2.57. The summed E-state index contributed by atoms with van der Waals surface area (Å²) in [6.07, 6.45) is 0.303. The van der Waals surface area contributed by atoms with Gasteiger partial charge in [0.15, 0.2) is 23.0 Å². The van der Waals surface area contributed by atoms with Gasteiger partial charge in [-0.1, -0.05) is 50.6 Å². The van der Waals surface area contributed by atoms with Gasteiger partial charge < -0.3 is 35.1 Å². The van der Waals surface area contributed by atoms with Gasteiger partial charge in [-0.2, -0.15) is 4.98 Å². The zero-order chi connectivity index (χ0) is 35.0. The number of rotatable bonds is 14. The molecular weight excluding hydrogens is 638 g/mol. The summed E-state index contributed by atoms with van der Waals surface area (Å²) in [5, 5.41) is 31.7. The van der Waals surface area contributed by atoms with E-state index in [9.17, 15) is 29.4 Å². The molecule has 1 aromatic carbocycles. The number of nitrogens with one attached hydrogen (secondary N) is 4. The molecule has 2 saturated heterocycles. The number of carbonyl (C=O) groups is 3. The van der Waals surface area contributed by atoms with Gasteiger partial charge in [0.25, 0.3) is 5.56 Å². The van der Waals surface area contributed by atoms with Crippen LogP contribution in [0.1, 0.15) is 70.6 Å². The van der Waals surface area contributed by atoms with E-state index in [1.807, 2.05) is 30.3 Å². The topological polar surface area (TPSA) is 219 Å². The van der Waals surface area contributed by atoms with Gasteiger partial charge in [0.2, 0.25) is 17.8 Å². The molecule has 0 spiro atoms. The van der Waals surface area contributed by atoms with Crippen molar-refractivity contribution in [1.82, 2.24) is 30.2 Å². The number of anilines is 1. The van der Waals surface area contributed by atoms with Crippen LogP contribution in [-0.2, 0) is 30.4 Å². The lowest BCUT2D eigenvalue weighted by molar-refractivity contribution is -0.197. The van der Waals surface area contributed by atoms with Crippen molar-refractivity contribution in [2.24, 2.45) is 5.92 Å². The summed E-state index contributed by atoms with van der Waals surface area (Å²) in [5.74, 6) is -1.10. The van der Waals surface area contributed by atoms with Crippen LogP contribution in [0.15, 0.2) is 41.5 Å². The third kappa shape index (κ3) is 8.62. The number of imidazole rings is 1. The minimum Gasteiger partial charge on any atom is -0.445 e. The molecule has 0 radical (unpaired) electrons. The normalized spacial score (nSPS) is 23.8. The van der Waals surface area contributed by atoms with Gasteiger partial charge in [0.1, 0.15) is 18.8 Å². The number of aromatic nitrogens is 4. The number of aliphatic hydroxyl groups is 2. The van der Waals surface area contributed by atoms with E-state index in [0.717, 1.165) is 18.4 Å². The number of alkyl carbamates (subject to hydrolysis) is 1. The first-order valence-electron chi connectivity index (χ1n) is 16.7. The summed E-state index contributed by atoms with van der Waals surface area (Å²) in [5.41, 5.74) is -1.72. The Morgan fingerprint density at radius 2 is 1.94 bits per heavy atom. The smallest absolute Gasteiger partial charge is 0.407 e. The summed E-state index contributed by atoms with van der Waals surface area (Å²) in [6.45, 7) is 4.27. The monoisotopic (exact) mass is 683 g/mol. The SMILES string of the molecule is CC(C)C(=O)Nc1nc2c(ncn2[C@@H]2O[C@H](CNC(=O)CCCCCNC(=O)OCc3ccccc3)[C@@H](O)[C@]2(O)C2CCCCO2)c(=O)[nH]1. The Bertz CT molecular complexity index is 1640. The number of carbonyl (C=O) groups excluding carboxylic acids is 3. The quantitative estimate of drug-likeness (QED) is 0.135. The second kappa shape index (κ2) is 16.3. The van der Waals surface area contributed by atoms with E-state index in [4.69, 9.17) is 14.2 Å². The maximum atomic E-state index is 12.8. The number of aromatic amines is 1. The van der Waals surface area contributed by atoms with Crippen LogP contribution in [0.5, 0.6) is 0 Å². The van der Waals surface area contributed by atoms with Crippen LogP contribution in [-0.4, -0.2) is 91.2 Å². The van der Waals surface area contributed by atoms with E-state index in [0.29, 0.717) is 38.8 Å². The molecule has 0 bridgehead atoms. The minimum atomic E-state index is -1.98. The molecule has 2 fully saturated rings. The third-order valence-corrected chi connectivity index (χ3v) is 8.73. The highest BCUT2D eigenvalue weighted by Gasteiger charge is 2.61. The molecule has 2 aromatic heterocycles. The number of H-pyrrole nitrogens is 1. The van der Waals surface area contributed by atoms with Crippen LogP contribution < -0.4 is 21.5 Å². The molecule has 16 nitrogen and oxygen atoms in total. The molecule has 0 saturated carbocycles. The van der Waals surface area contributed by atoms with Crippen LogP contribution >= 0.6 is 0 Å². The number of nitrogens with zero attached hydrogens (tertiary/aromatic N) is 3. The Balaban J connectivity index is 1.17. The lowest BCUT2D eigenvalue weighted by atomic mass is 9.84. The van der Waals surface area contributed by atoms with Crippen molar-refractivity contribution < 1.29 is 38.8 Å². The number of ether oxygens (including phenoxy) is 3. The number of aliphatic hydroxyl groups excluding tert-OH is 1. The Kier molecular flexibility index (Phi) is 12.0. The molecule has 4 heterocycles. The average Bonchev–Trinajstić information content (AvgIpc) is 3.63. The molecular formula is C33H45N7O9. The first kappa shape index (κ1) is 35.9. The van der Waals surface area contributed by atoms with Gasteiger partial charge in [-0.25, -0.2) is 9.78 Å². The molecule has 1 unspecified atom stereocenters. The number of amides is 3. The van der Waals surface area contributed by atoms with Crippen molar-refractivity contribution in [3.8, 4) is 0 Å². The molecule has 49 heavy (non-hydrogen) atoms. The zero-order valence-electron chi connectivity index (χ0n) is 27.7. The van der Waals surface area contributed by atoms with E-state index in [1.165, 1.54) is 10.9 Å². The molecule has 5 rings (SSSR count). The molecule has 3 aromatic rings. The Labute approximate surface area is 282 Å². The Hall–Kier alpha value is -4.38. The number of unbranched alkanes of at least 4 members (excludes halogenated alkanes) is 2. The van der Waals surface area contributed by atoms with Gasteiger partial charge in [-0.05, 0) is 37.7 Å². The van der Waals surface area contributed by atoms with Gasteiger partial charge in [-0.3, -0.25) is 29.3 Å². The maximum Gasteiger partial charge on any atom is 0.407 e. The Morgan fingerprint density at radius 1 is 1.14 bits per heavy atom. The highest BCUT2D eigenvalue weighted by atomic mass is 16.6. The number of hydrogen-bond acceptors (Lipinski definition) is 11. The highest BCUT2D eigenvalue weighted by molar-refractivity contribution is 5.91. The standard InChI is InChI=1S/C33H45N7O9/c1-20(2)28(43)38-31-37-27-25(29(44)39-31)36-19-40(27)30-33(46,23-13-8-10-16-47-23)26(42)22(49-30)17-35-24(41)14-7-4-9-15-34-32(45)48-18-21-11-5-3-6-12-21/h3,5-6,11-12,19-20,22-23,26,30,42,46H,4,7-10,13-18H2,1-2H3,(H,34,45)(H,35,41)(H2,37,38,39,43,44)/t22-,23?,26-,30-,33-/m1/s1. The van der Waals surface area contributed by atoms with Crippen LogP contribution in [0.3, 0.4) is 0 Å². The molecule has 0 aliphatic carbocycles. The van der Waals surface area contributed by atoms with Gasteiger partial charge in [0.05, 0.1) is 12.4 Å². The van der Waals surface area contributed by atoms with Crippen molar-refractivity contribution in [1.29, 1.82) is 0 Å². The molecule has 2 aliphatic rings. The Morgan fingerprint density at radius 3 is 2.67 bits per heavy atom. The van der Waals surface area contributed by atoms with Gasteiger partial charge in [-0.15, -0.1) is 0 Å². The van der Waals surface area contributed by atoms with Crippen LogP contribution in [0.25, 0.3) is 11.2 Å². The molecule has 3 amide bonds. The lowest BCUT2D eigenvalue weighted by Gasteiger charge is -2.40. The van der Waals surface area contributed by atoms with E-state index in [2.05, 4.69) is 30.9 Å². The fraction of sp³-hybridized carbons (Fsp3) is 0.576. The van der Waals surface area contributed by atoms with E-state index < -0.39 is 41.8 Å². The predicted octanol–water partition coefficient (Wildman–Crippen LogP) is 1.88. The largest absolute Gasteiger partial charge is 0.445 e. The van der Waals surface area contributed by atoms with Crippen molar-refractivity contribution >= 4 is 35.0 Å². The van der Waals surface area contributed by atoms with Crippen LogP contribution in [0, 0.1) is 5.92 Å². The molecule has 5 atom stereocenters. The van der Waals surface area contributed by atoms with E-state index in [-0.39, 0.29) is 54.4 Å². The second-order valence-corrected chi connectivity index (χ2v) is 12.7. The number of benzene rings is 1. The molecule has 6 N–H and O–H groups in total. The van der Waals surface area contributed by atoms with Gasteiger partial charge >= 0.3 is 6.09 Å². The van der Waals surface area contributed by atoms with Crippen molar-refractivity contribution in [3.63, 3.8) is 0 Å². The molecule has 16 heteroatoms. The number of hydrogen-bond donors (Lipinski definition) is 6. The summed E-state index contributed by atoms with van der Waals surface area (Å²) in [6, 6.07) is 9.38. The summed E-state index contributed by atoms with van der Waals surface area (Å²) in [4.78, 5) is 60.8. The highest BCUT2D eigenvalue weighted by Crippen LogP contribution is 2.44. The average molecular weight is 684 g/mol. The zero-order valence-corrected chi connectivity index (χ0v) is 27.7. The van der Waals surface area contributed by atoms with Gasteiger partial charge in [0, 0.05) is 32.0 Å². The molecule has 266 valence electrons. The molecule has 2 aliphatic heterocycles. The second-order valence-electron chi connectivity index (χ2n) is 12.7. The minimum absolute atomic E-state index is 0.0258. The number of fused-ring (bicyclic) bond motifs is 1. The van der Waals surface area contributed by atoms with Crippen molar-refractivity contribution in [3.05, 3.63) is 52.6 Å². The predicted molar refractivity (Wildman–Crippen MR) is 176 cm³/mol. The first-order valence-corrected chi connectivity index (χ1v) is 16.7. The van der Waals surface area contributed by atoms with E-state index >= 15 is 0 Å². The first-order chi connectivity index (χ1) is 23.6. The summed E-state index contributed by atoms with van der Waals surface area (Å²) < 4.78 is 18.7.